The minimum atomic E-state index is -0.118. The van der Waals surface area contributed by atoms with Crippen LogP contribution in [0.25, 0.3) is 0 Å². The van der Waals surface area contributed by atoms with Crippen molar-refractivity contribution < 1.29 is 9.59 Å². The third-order valence-electron chi connectivity index (χ3n) is 5.03. The number of hydrogen-bond acceptors (Lipinski definition) is 5. The second kappa shape index (κ2) is 6.22. The maximum Gasteiger partial charge on any atom is 0.272 e. The monoisotopic (exact) mass is 356 g/mol. The van der Waals surface area contributed by atoms with Gasteiger partial charge in [0.25, 0.3) is 5.91 Å². The normalized spacial score (nSPS) is 23.0. The summed E-state index contributed by atoms with van der Waals surface area (Å²) >= 11 is 1.61. The summed E-state index contributed by atoms with van der Waals surface area (Å²) in [6.07, 6.45) is 3.02. The number of nitrogens with zero attached hydrogens (tertiary/aromatic N) is 4. The number of amides is 2. The van der Waals surface area contributed by atoms with Crippen LogP contribution in [0.1, 0.15) is 34.0 Å². The molecule has 2 aliphatic heterocycles. The van der Waals surface area contributed by atoms with Crippen LogP contribution in [-0.4, -0.2) is 51.2 Å². The van der Waals surface area contributed by atoms with Gasteiger partial charge in [-0.2, -0.15) is 0 Å². The molecular formula is C18H20N4O2S. The number of rotatable bonds is 3. The topological polar surface area (TPSA) is 66.4 Å². The first-order valence-electron chi connectivity index (χ1n) is 8.44. The van der Waals surface area contributed by atoms with Gasteiger partial charge in [-0.3, -0.25) is 14.6 Å². The molecular weight excluding hydrogens is 336 g/mol. The number of likely N-dealkylation sites (tertiary alicyclic amines) is 2. The summed E-state index contributed by atoms with van der Waals surface area (Å²) in [4.78, 5) is 37.4. The first-order valence-corrected chi connectivity index (χ1v) is 9.32. The second-order valence-electron chi connectivity index (χ2n) is 6.98. The van der Waals surface area contributed by atoms with Crippen LogP contribution in [0, 0.1) is 12.3 Å². The maximum absolute atomic E-state index is 12.6. The van der Waals surface area contributed by atoms with Crippen molar-refractivity contribution in [1.82, 2.24) is 19.8 Å². The van der Waals surface area contributed by atoms with Crippen molar-refractivity contribution in [2.24, 2.45) is 5.41 Å². The van der Waals surface area contributed by atoms with E-state index >= 15 is 0 Å². The highest BCUT2D eigenvalue weighted by atomic mass is 32.1. The van der Waals surface area contributed by atoms with Crippen LogP contribution < -0.4 is 0 Å². The van der Waals surface area contributed by atoms with Gasteiger partial charge in [0, 0.05) is 43.0 Å². The molecule has 0 aromatic carbocycles. The average molecular weight is 356 g/mol. The van der Waals surface area contributed by atoms with E-state index in [1.54, 1.807) is 29.7 Å². The molecule has 25 heavy (non-hydrogen) atoms. The van der Waals surface area contributed by atoms with Crippen LogP contribution in [0.4, 0.5) is 0 Å². The second-order valence-corrected chi connectivity index (χ2v) is 8.04. The largest absolute Gasteiger partial charge is 0.337 e. The zero-order valence-electron chi connectivity index (χ0n) is 14.1. The Balaban J connectivity index is 1.43. The minimum absolute atomic E-state index is 0.0431. The molecule has 0 radical (unpaired) electrons. The van der Waals surface area contributed by atoms with E-state index in [0.29, 0.717) is 38.3 Å². The SMILES string of the molecule is Cc1nc(CN2C[C@@]3(CCN(C(=O)c4ccccn4)C3)CC2=O)cs1. The Morgan fingerprint density at radius 3 is 2.96 bits per heavy atom. The highest BCUT2D eigenvalue weighted by molar-refractivity contribution is 7.09. The van der Waals surface area contributed by atoms with Crippen molar-refractivity contribution in [2.45, 2.75) is 26.3 Å². The number of carbonyl (C=O) groups is 2. The zero-order chi connectivity index (χ0) is 17.4. The van der Waals surface area contributed by atoms with Crippen molar-refractivity contribution in [1.29, 1.82) is 0 Å². The molecule has 7 heteroatoms. The van der Waals surface area contributed by atoms with Crippen LogP contribution in [0.5, 0.6) is 0 Å². The summed E-state index contributed by atoms with van der Waals surface area (Å²) in [5.41, 5.74) is 1.30. The van der Waals surface area contributed by atoms with Crippen molar-refractivity contribution in [2.75, 3.05) is 19.6 Å². The lowest BCUT2D eigenvalue weighted by molar-refractivity contribution is -0.128. The van der Waals surface area contributed by atoms with Gasteiger partial charge in [-0.1, -0.05) is 6.07 Å². The summed E-state index contributed by atoms with van der Waals surface area (Å²) in [5, 5.41) is 3.03. The van der Waals surface area contributed by atoms with Crippen LogP contribution in [0.2, 0.25) is 0 Å². The first kappa shape index (κ1) is 16.2. The minimum Gasteiger partial charge on any atom is -0.337 e. The Bertz CT molecular complexity index is 806. The number of carbonyl (C=O) groups excluding carboxylic acids is 2. The van der Waals surface area contributed by atoms with E-state index in [9.17, 15) is 9.59 Å². The fraction of sp³-hybridized carbons (Fsp3) is 0.444. The zero-order valence-corrected chi connectivity index (χ0v) is 15.0. The Kier molecular flexibility index (Phi) is 4.03. The molecule has 4 rings (SSSR count). The van der Waals surface area contributed by atoms with Gasteiger partial charge in [0.15, 0.2) is 0 Å². The lowest BCUT2D eigenvalue weighted by Gasteiger charge is -2.23. The van der Waals surface area contributed by atoms with Crippen LogP contribution in [0.15, 0.2) is 29.8 Å². The number of pyridine rings is 1. The molecule has 0 bridgehead atoms. The highest BCUT2D eigenvalue weighted by Crippen LogP contribution is 2.41. The number of hydrogen-bond donors (Lipinski definition) is 0. The molecule has 2 aliphatic rings. The number of thiazole rings is 1. The summed E-state index contributed by atoms with van der Waals surface area (Å²) < 4.78 is 0. The van der Waals surface area contributed by atoms with E-state index in [1.165, 1.54) is 0 Å². The van der Waals surface area contributed by atoms with E-state index < -0.39 is 0 Å². The molecule has 0 unspecified atom stereocenters. The molecule has 4 heterocycles. The Morgan fingerprint density at radius 2 is 2.24 bits per heavy atom. The predicted molar refractivity (Wildman–Crippen MR) is 94.1 cm³/mol. The van der Waals surface area contributed by atoms with Crippen LogP contribution in [-0.2, 0) is 11.3 Å². The van der Waals surface area contributed by atoms with Crippen LogP contribution >= 0.6 is 11.3 Å². The molecule has 0 aliphatic carbocycles. The average Bonchev–Trinajstić information content (AvgIpc) is 3.29. The molecule has 6 nitrogen and oxygen atoms in total. The fourth-order valence-corrected chi connectivity index (χ4v) is 4.44. The molecule has 2 aromatic rings. The summed E-state index contributed by atoms with van der Waals surface area (Å²) in [6, 6.07) is 5.36. The quantitative estimate of drug-likeness (QED) is 0.845. The molecule has 2 aromatic heterocycles. The van der Waals surface area contributed by atoms with E-state index in [-0.39, 0.29) is 17.2 Å². The first-order chi connectivity index (χ1) is 12.0. The van der Waals surface area contributed by atoms with E-state index in [1.807, 2.05) is 28.2 Å². The van der Waals surface area contributed by atoms with Gasteiger partial charge in [0.2, 0.25) is 5.91 Å². The van der Waals surface area contributed by atoms with Crippen molar-refractivity contribution in [3.05, 3.63) is 46.2 Å². The molecule has 2 amide bonds. The lowest BCUT2D eigenvalue weighted by atomic mass is 9.86. The lowest BCUT2D eigenvalue weighted by Crippen LogP contribution is -2.34. The van der Waals surface area contributed by atoms with E-state index in [0.717, 1.165) is 17.1 Å². The van der Waals surface area contributed by atoms with Gasteiger partial charge in [-0.05, 0) is 25.5 Å². The summed E-state index contributed by atoms with van der Waals surface area (Å²) in [6.45, 7) is 4.56. The van der Waals surface area contributed by atoms with Gasteiger partial charge in [-0.15, -0.1) is 11.3 Å². The molecule has 0 N–H and O–H groups in total. The van der Waals surface area contributed by atoms with Gasteiger partial charge >= 0.3 is 0 Å². The van der Waals surface area contributed by atoms with Crippen molar-refractivity contribution in [3.8, 4) is 0 Å². The summed E-state index contributed by atoms with van der Waals surface area (Å²) in [5.74, 6) is 0.122. The standard InChI is InChI=1S/C18H20N4O2S/c1-13-20-14(10-25-13)9-22-12-18(8-16(22)23)5-7-21(11-18)17(24)15-4-2-3-6-19-15/h2-4,6,10H,5,7-9,11-12H2,1H3/t18-/m0/s1. The van der Waals surface area contributed by atoms with E-state index in [2.05, 4.69) is 9.97 Å². The molecule has 2 fully saturated rings. The predicted octanol–water partition coefficient (Wildman–Crippen LogP) is 2.11. The molecule has 2 saturated heterocycles. The maximum atomic E-state index is 12.6. The molecule has 130 valence electrons. The Labute approximate surface area is 150 Å². The van der Waals surface area contributed by atoms with E-state index in [4.69, 9.17) is 0 Å². The smallest absolute Gasteiger partial charge is 0.272 e. The molecule has 1 atom stereocenters. The third kappa shape index (κ3) is 3.16. The van der Waals surface area contributed by atoms with Crippen molar-refractivity contribution in [3.63, 3.8) is 0 Å². The van der Waals surface area contributed by atoms with Gasteiger partial charge < -0.3 is 9.80 Å². The van der Waals surface area contributed by atoms with Crippen molar-refractivity contribution >= 4 is 23.2 Å². The Morgan fingerprint density at radius 1 is 1.36 bits per heavy atom. The molecule has 1 spiro atoms. The summed E-state index contributed by atoms with van der Waals surface area (Å²) in [7, 11) is 0. The van der Waals surface area contributed by atoms with Crippen LogP contribution in [0.3, 0.4) is 0 Å². The Hall–Kier alpha value is -2.28. The van der Waals surface area contributed by atoms with Gasteiger partial charge in [-0.25, -0.2) is 4.98 Å². The fourth-order valence-electron chi connectivity index (χ4n) is 3.84. The molecule has 0 saturated carbocycles. The third-order valence-corrected chi connectivity index (χ3v) is 5.86. The van der Waals surface area contributed by atoms with Gasteiger partial charge in [0.05, 0.1) is 17.2 Å². The van der Waals surface area contributed by atoms with Gasteiger partial charge in [0.1, 0.15) is 5.69 Å². The highest BCUT2D eigenvalue weighted by Gasteiger charge is 2.48. The number of aromatic nitrogens is 2. The number of aryl methyl sites for hydroxylation is 1.